The molecule has 33 heavy (non-hydrogen) atoms. The van der Waals surface area contributed by atoms with E-state index in [-0.39, 0.29) is 11.9 Å². The van der Waals surface area contributed by atoms with Gasteiger partial charge in [-0.25, -0.2) is 0 Å². The van der Waals surface area contributed by atoms with Crippen molar-refractivity contribution >= 4 is 5.78 Å². The molecule has 0 amide bonds. The third kappa shape index (κ3) is 2.84. The number of carbonyl (C=O) groups excluding carboxylic acids is 1. The van der Waals surface area contributed by atoms with Gasteiger partial charge in [0.25, 0.3) is 0 Å². The first-order valence-electron chi connectivity index (χ1n) is 13.9. The van der Waals surface area contributed by atoms with E-state index in [0.717, 1.165) is 23.7 Å². The van der Waals surface area contributed by atoms with Crippen molar-refractivity contribution in [3.05, 3.63) is 0 Å². The second-order valence-corrected chi connectivity index (χ2v) is 14.0. The van der Waals surface area contributed by atoms with Crippen molar-refractivity contribution in [3.63, 3.8) is 0 Å². The number of carbonyl (C=O) groups is 1. The molecular formula is C29H46O4. The minimum atomic E-state index is -0.674. The molecule has 1 saturated heterocycles. The summed E-state index contributed by atoms with van der Waals surface area (Å²) in [5.41, 5.74) is 1.31. The van der Waals surface area contributed by atoms with Crippen molar-refractivity contribution in [3.8, 4) is 0 Å². The average molecular weight is 459 g/mol. The highest BCUT2D eigenvalue weighted by atomic mass is 16.8. The van der Waals surface area contributed by atoms with E-state index in [2.05, 4.69) is 20.8 Å². The Bertz CT molecular complexity index is 837. The van der Waals surface area contributed by atoms with E-state index in [9.17, 15) is 4.79 Å². The smallest absolute Gasteiger partial charge is 0.164 e. The first kappa shape index (κ1) is 23.0. The van der Waals surface area contributed by atoms with Gasteiger partial charge in [0.2, 0.25) is 0 Å². The van der Waals surface area contributed by atoms with Crippen LogP contribution in [0.5, 0.6) is 0 Å². The number of ether oxygens (including phenoxy) is 3. The predicted molar refractivity (Wildman–Crippen MR) is 128 cm³/mol. The van der Waals surface area contributed by atoms with Gasteiger partial charge in [-0.1, -0.05) is 20.8 Å². The van der Waals surface area contributed by atoms with Crippen molar-refractivity contribution in [2.75, 3.05) is 7.11 Å². The van der Waals surface area contributed by atoms with Crippen LogP contribution in [-0.4, -0.2) is 37.0 Å². The van der Waals surface area contributed by atoms with Gasteiger partial charge in [-0.3, -0.25) is 4.79 Å². The standard InChI is InChI=1S/C29H46O4/c1-16(24-25(17(2)30)33-26(3,4)32-24)20-8-9-21-19-14-23(31-7)29-15-18(29)10-13-28(29,6)22(19)11-12-27(20,21)5/h16,18-25H,8-15H2,1-7H3/t16-,18-,19-,20+,21-,22-,23+,24+,25-,27+,28+,29-/m0/s1. The maximum Gasteiger partial charge on any atom is 0.164 e. The summed E-state index contributed by atoms with van der Waals surface area (Å²) in [5.74, 6) is 3.73. The van der Waals surface area contributed by atoms with E-state index in [1.807, 2.05) is 21.0 Å². The molecule has 0 aromatic heterocycles. The number of hydrogen-bond donors (Lipinski definition) is 0. The molecule has 1 aliphatic heterocycles. The molecule has 5 aliphatic carbocycles. The lowest BCUT2D eigenvalue weighted by atomic mass is 9.45. The van der Waals surface area contributed by atoms with Crippen LogP contribution in [0.4, 0.5) is 0 Å². The summed E-state index contributed by atoms with van der Waals surface area (Å²) in [7, 11) is 1.98. The van der Waals surface area contributed by atoms with E-state index in [1.165, 1.54) is 51.4 Å². The molecule has 0 unspecified atom stereocenters. The number of rotatable bonds is 4. The van der Waals surface area contributed by atoms with Crippen LogP contribution in [0.1, 0.15) is 92.9 Å². The van der Waals surface area contributed by atoms with Gasteiger partial charge in [0, 0.05) is 12.5 Å². The van der Waals surface area contributed by atoms with E-state index in [1.54, 1.807) is 6.92 Å². The predicted octanol–water partition coefficient (Wildman–Crippen LogP) is 6.02. The third-order valence-corrected chi connectivity index (χ3v) is 12.6. The monoisotopic (exact) mass is 458 g/mol. The summed E-state index contributed by atoms with van der Waals surface area (Å²) < 4.78 is 18.8. The zero-order valence-corrected chi connectivity index (χ0v) is 22.0. The second-order valence-electron chi connectivity index (χ2n) is 14.0. The summed E-state index contributed by atoms with van der Waals surface area (Å²) in [6.07, 6.45) is 10.8. The first-order chi connectivity index (χ1) is 15.5. The quantitative estimate of drug-likeness (QED) is 0.517. The van der Waals surface area contributed by atoms with Gasteiger partial charge in [0.05, 0.1) is 12.2 Å². The lowest BCUT2D eigenvalue weighted by Gasteiger charge is -2.61. The minimum Gasteiger partial charge on any atom is -0.381 e. The Hall–Kier alpha value is -0.450. The highest BCUT2D eigenvalue weighted by Gasteiger charge is 2.77. The molecule has 1 heterocycles. The molecule has 0 aromatic carbocycles. The molecule has 0 N–H and O–H groups in total. The maximum absolute atomic E-state index is 12.4. The van der Waals surface area contributed by atoms with Crippen molar-refractivity contribution in [2.45, 2.75) is 117 Å². The highest BCUT2D eigenvalue weighted by Crippen LogP contribution is 2.82. The van der Waals surface area contributed by atoms with Crippen LogP contribution in [0, 0.1) is 51.8 Å². The zero-order chi connectivity index (χ0) is 23.6. The van der Waals surface area contributed by atoms with Crippen molar-refractivity contribution in [1.29, 1.82) is 0 Å². The van der Waals surface area contributed by atoms with Crippen LogP contribution in [0.15, 0.2) is 0 Å². The SMILES string of the molecule is CO[C@@H]1C[C@H]2[C@@H]3CC[C@H]([C@H](C)[C@H]4OC(C)(C)O[C@H]4C(C)=O)[C@@]3(C)CC[C@@H]2[C@@]2(C)CC[C@H]3C[C@]312. The molecule has 0 aromatic rings. The molecule has 0 radical (unpaired) electrons. The van der Waals surface area contributed by atoms with Crippen molar-refractivity contribution < 1.29 is 19.0 Å². The van der Waals surface area contributed by atoms with Crippen LogP contribution in [0.3, 0.4) is 0 Å². The Morgan fingerprint density at radius 2 is 1.76 bits per heavy atom. The second kappa shape index (κ2) is 7.07. The van der Waals surface area contributed by atoms with Gasteiger partial charge in [-0.15, -0.1) is 0 Å². The molecule has 4 nitrogen and oxygen atoms in total. The number of Topliss-reactive ketones (excluding diaryl/α,β-unsaturated/α-hetero) is 1. The van der Waals surface area contributed by atoms with Crippen molar-refractivity contribution in [2.24, 2.45) is 51.8 Å². The van der Waals surface area contributed by atoms with Crippen LogP contribution in [0.2, 0.25) is 0 Å². The molecule has 6 rings (SSSR count). The van der Waals surface area contributed by atoms with Gasteiger partial charge < -0.3 is 14.2 Å². The molecule has 0 bridgehead atoms. The van der Waals surface area contributed by atoms with E-state index in [0.29, 0.717) is 34.2 Å². The fraction of sp³-hybridized carbons (Fsp3) is 0.966. The van der Waals surface area contributed by atoms with Crippen LogP contribution < -0.4 is 0 Å². The Kier molecular flexibility index (Phi) is 4.92. The number of fused-ring (bicyclic) bond motifs is 4. The zero-order valence-electron chi connectivity index (χ0n) is 22.0. The maximum atomic E-state index is 12.4. The van der Waals surface area contributed by atoms with Gasteiger partial charge in [-0.05, 0) is 118 Å². The summed E-state index contributed by atoms with van der Waals surface area (Å²) in [6.45, 7) is 13.2. The normalized spacial score (nSPS) is 57.1. The van der Waals surface area contributed by atoms with Gasteiger partial charge in [0.1, 0.15) is 6.10 Å². The summed E-state index contributed by atoms with van der Waals surface area (Å²) in [6, 6.07) is 0. The lowest BCUT2D eigenvalue weighted by Crippen LogP contribution is -2.57. The Balaban J connectivity index is 1.28. The molecule has 6 fully saturated rings. The summed E-state index contributed by atoms with van der Waals surface area (Å²) in [4.78, 5) is 12.4. The Morgan fingerprint density at radius 3 is 2.42 bits per heavy atom. The molecule has 1 spiro atoms. The highest BCUT2D eigenvalue weighted by molar-refractivity contribution is 5.81. The fourth-order valence-electron chi connectivity index (χ4n) is 11.2. The van der Waals surface area contributed by atoms with Gasteiger partial charge in [-0.2, -0.15) is 0 Å². The molecule has 4 heteroatoms. The number of methoxy groups -OCH3 is 1. The Labute approximate surface area is 200 Å². The molecular weight excluding hydrogens is 412 g/mol. The number of ketones is 1. The average Bonchev–Trinajstić information content (AvgIpc) is 3.05. The lowest BCUT2D eigenvalue weighted by molar-refractivity contribution is -0.168. The van der Waals surface area contributed by atoms with E-state index < -0.39 is 11.9 Å². The van der Waals surface area contributed by atoms with Gasteiger partial charge >= 0.3 is 0 Å². The third-order valence-electron chi connectivity index (χ3n) is 12.6. The minimum absolute atomic E-state index is 0.106. The van der Waals surface area contributed by atoms with Crippen molar-refractivity contribution in [1.82, 2.24) is 0 Å². The molecule has 5 saturated carbocycles. The van der Waals surface area contributed by atoms with E-state index in [4.69, 9.17) is 14.2 Å². The number of hydrogen-bond acceptors (Lipinski definition) is 4. The summed E-state index contributed by atoms with van der Waals surface area (Å²) in [5, 5.41) is 0. The first-order valence-corrected chi connectivity index (χ1v) is 13.9. The largest absolute Gasteiger partial charge is 0.381 e. The van der Waals surface area contributed by atoms with Crippen LogP contribution in [0.25, 0.3) is 0 Å². The van der Waals surface area contributed by atoms with Gasteiger partial charge in [0.15, 0.2) is 11.6 Å². The molecule has 12 atom stereocenters. The fourth-order valence-corrected chi connectivity index (χ4v) is 11.2. The van der Waals surface area contributed by atoms with Crippen LogP contribution in [-0.2, 0) is 19.0 Å². The summed E-state index contributed by atoms with van der Waals surface area (Å²) >= 11 is 0. The van der Waals surface area contributed by atoms with E-state index >= 15 is 0 Å². The molecule has 6 aliphatic rings. The Morgan fingerprint density at radius 1 is 1.00 bits per heavy atom. The topological polar surface area (TPSA) is 44.8 Å². The molecule has 186 valence electrons. The van der Waals surface area contributed by atoms with Crippen LogP contribution >= 0.6 is 0 Å².